The molecule has 2 rings (SSSR count). The molecule has 2 aromatic rings. The minimum Gasteiger partial charge on any atom is -0.369 e. The predicted octanol–water partition coefficient (Wildman–Crippen LogP) is 2.61. The fourth-order valence-corrected chi connectivity index (χ4v) is 1.54. The second kappa shape index (κ2) is 4.82. The number of aromatic amines is 1. The molecule has 0 fully saturated rings. The Morgan fingerprint density at radius 1 is 1.24 bits per heavy atom. The van der Waals surface area contributed by atoms with Gasteiger partial charge in [0.15, 0.2) is 0 Å². The molecule has 0 radical (unpaired) electrons. The summed E-state index contributed by atoms with van der Waals surface area (Å²) in [5, 5.41) is 0. The first-order valence-corrected chi connectivity index (χ1v) is 5.48. The Labute approximate surface area is 101 Å². The molecule has 0 spiro atoms. The van der Waals surface area contributed by atoms with E-state index in [0.29, 0.717) is 0 Å². The lowest BCUT2D eigenvalue weighted by atomic mass is 10.1. The van der Waals surface area contributed by atoms with E-state index in [9.17, 15) is 0 Å². The number of imidazole rings is 1. The molecule has 88 valence electrons. The summed E-state index contributed by atoms with van der Waals surface area (Å²) in [5.74, 6) is 0. The van der Waals surface area contributed by atoms with Crippen molar-refractivity contribution in [3.63, 3.8) is 0 Å². The number of hydrogen-bond donors (Lipinski definition) is 1. The lowest BCUT2D eigenvalue weighted by molar-refractivity contribution is 0.643. The number of aromatic nitrogens is 2. The van der Waals surface area contributed by atoms with Crippen LogP contribution in [0.4, 0.5) is 5.69 Å². The maximum absolute atomic E-state index is 4.32. The monoisotopic (exact) mass is 228 g/mol. The number of aryl methyl sites for hydroxylation is 1. The minimum absolute atomic E-state index is 0.940. The lowest BCUT2D eigenvalue weighted by Gasteiger charge is -2.03. The molecular weight excluding hydrogens is 212 g/mol. The first-order chi connectivity index (χ1) is 8.16. The van der Waals surface area contributed by atoms with E-state index in [1.165, 1.54) is 0 Å². The van der Waals surface area contributed by atoms with Gasteiger partial charge in [-0.3, -0.25) is 0 Å². The van der Waals surface area contributed by atoms with Gasteiger partial charge in [0.2, 0.25) is 0 Å². The zero-order chi connectivity index (χ0) is 12.3. The molecule has 0 saturated heterocycles. The van der Waals surface area contributed by atoms with Gasteiger partial charge < -0.3 is 9.88 Å². The number of aliphatic imine (C=N–C) groups is 1. The van der Waals surface area contributed by atoms with E-state index in [1.807, 2.05) is 50.2 Å². The van der Waals surface area contributed by atoms with Crippen LogP contribution in [0, 0.1) is 6.92 Å². The van der Waals surface area contributed by atoms with E-state index in [1.54, 1.807) is 12.7 Å². The van der Waals surface area contributed by atoms with E-state index >= 15 is 0 Å². The molecular formula is C13H16N4. The normalized spacial score (nSPS) is 11.0. The van der Waals surface area contributed by atoms with Crippen LogP contribution >= 0.6 is 0 Å². The van der Waals surface area contributed by atoms with Gasteiger partial charge >= 0.3 is 0 Å². The van der Waals surface area contributed by atoms with Crippen LogP contribution in [-0.2, 0) is 0 Å². The number of H-pyrrole nitrogens is 1. The van der Waals surface area contributed by atoms with Crippen molar-refractivity contribution in [2.75, 3.05) is 14.1 Å². The third kappa shape index (κ3) is 2.72. The molecule has 0 saturated carbocycles. The first-order valence-electron chi connectivity index (χ1n) is 5.48. The van der Waals surface area contributed by atoms with Crippen molar-refractivity contribution in [3.05, 3.63) is 36.3 Å². The number of benzene rings is 1. The van der Waals surface area contributed by atoms with E-state index in [4.69, 9.17) is 0 Å². The highest BCUT2D eigenvalue weighted by atomic mass is 15.1. The van der Waals surface area contributed by atoms with Gasteiger partial charge in [-0.15, -0.1) is 0 Å². The topological polar surface area (TPSA) is 44.3 Å². The molecule has 1 aromatic carbocycles. The molecule has 1 heterocycles. The summed E-state index contributed by atoms with van der Waals surface area (Å²) in [6.07, 6.45) is 3.50. The van der Waals surface area contributed by atoms with Crippen molar-refractivity contribution < 1.29 is 0 Å². The van der Waals surface area contributed by atoms with Gasteiger partial charge in [-0.2, -0.15) is 0 Å². The molecule has 0 aliphatic carbocycles. The molecule has 1 aromatic heterocycles. The van der Waals surface area contributed by atoms with Crippen LogP contribution in [0.2, 0.25) is 0 Å². The fourth-order valence-electron chi connectivity index (χ4n) is 1.54. The first kappa shape index (κ1) is 11.4. The molecule has 0 atom stereocenters. The Kier molecular flexibility index (Phi) is 3.23. The quantitative estimate of drug-likeness (QED) is 0.648. The van der Waals surface area contributed by atoms with Gasteiger partial charge in [0, 0.05) is 25.4 Å². The van der Waals surface area contributed by atoms with Gasteiger partial charge in [-0.1, -0.05) is 12.1 Å². The van der Waals surface area contributed by atoms with Crippen molar-refractivity contribution in [3.8, 4) is 11.3 Å². The maximum atomic E-state index is 4.32. The largest absolute Gasteiger partial charge is 0.369 e. The zero-order valence-corrected chi connectivity index (χ0v) is 10.3. The van der Waals surface area contributed by atoms with Crippen molar-refractivity contribution in [1.29, 1.82) is 0 Å². The van der Waals surface area contributed by atoms with Crippen LogP contribution in [0.25, 0.3) is 11.3 Å². The van der Waals surface area contributed by atoms with E-state index in [-0.39, 0.29) is 0 Å². The Hall–Kier alpha value is -2.10. The van der Waals surface area contributed by atoms with E-state index in [2.05, 4.69) is 15.0 Å². The van der Waals surface area contributed by atoms with Crippen LogP contribution in [0.1, 0.15) is 5.69 Å². The van der Waals surface area contributed by atoms with E-state index < -0.39 is 0 Å². The Bertz CT molecular complexity index is 508. The van der Waals surface area contributed by atoms with Crippen molar-refractivity contribution >= 4 is 12.0 Å². The third-order valence-electron chi connectivity index (χ3n) is 2.41. The van der Waals surface area contributed by atoms with Gasteiger partial charge in [-0.25, -0.2) is 9.98 Å². The SMILES string of the molecule is Cc1[nH]cnc1-c1ccc(/N=C/N(C)C)cc1. The van der Waals surface area contributed by atoms with Crippen LogP contribution in [0.3, 0.4) is 0 Å². The molecule has 4 nitrogen and oxygen atoms in total. The fraction of sp³-hybridized carbons (Fsp3) is 0.231. The van der Waals surface area contributed by atoms with Crippen LogP contribution < -0.4 is 0 Å². The van der Waals surface area contributed by atoms with E-state index in [0.717, 1.165) is 22.6 Å². The zero-order valence-electron chi connectivity index (χ0n) is 10.3. The second-order valence-corrected chi connectivity index (χ2v) is 4.13. The number of nitrogens with zero attached hydrogens (tertiary/aromatic N) is 3. The predicted molar refractivity (Wildman–Crippen MR) is 70.6 cm³/mol. The summed E-state index contributed by atoms with van der Waals surface area (Å²) >= 11 is 0. The Balaban J connectivity index is 2.22. The highest BCUT2D eigenvalue weighted by Gasteiger charge is 2.03. The summed E-state index contributed by atoms with van der Waals surface area (Å²) in [6, 6.07) is 8.05. The average Bonchev–Trinajstić information content (AvgIpc) is 2.73. The summed E-state index contributed by atoms with van der Waals surface area (Å²) in [6.45, 7) is 2.01. The summed E-state index contributed by atoms with van der Waals surface area (Å²) in [7, 11) is 3.90. The lowest BCUT2D eigenvalue weighted by Crippen LogP contribution is -2.06. The Morgan fingerprint density at radius 3 is 2.47 bits per heavy atom. The van der Waals surface area contributed by atoms with Gasteiger partial charge in [0.1, 0.15) is 0 Å². The molecule has 0 unspecified atom stereocenters. The molecule has 0 aliphatic rings. The number of hydrogen-bond acceptors (Lipinski definition) is 2. The highest BCUT2D eigenvalue weighted by molar-refractivity contribution is 5.66. The van der Waals surface area contributed by atoms with Crippen molar-refractivity contribution in [2.24, 2.45) is 4.99 Å². The van der Waals surface area contributed by atoms with Crippen LogP contribution in [-0.4, -0.2) is 35.3 Å². The average molecular weight is 228 g/mol. The van der Waals surface area contributed by atoms with Crippen LogP contribution in [0.5, 0.6) is 0 Å². The number of nitrogens with one attached hydrogen (secondary N) is 1. The molecule has 0 amide bonds. The standard InChI is InChI=1S/C13H16N4/c1-10-13(15-8-14-10)11-4-6-12(7-5-11)16-9-17(2)3/h4-9H,1-3H3,(H,14,15)/b16-9+. The second-order valence-electron chi connectivity index (χ2n) is 4.13. The van der Waals surface area contributed by atoms with Gasteiger partial charge in [0.05, 0.1) is 24.0 Å². The van der Waals surface area contributed by atoms with Crippen molar-refractivity contribution in [2.45, 2.75) is 6.92 Å². The minimum atomic E-state index is 0.940. The highest BCUT2D eigenvalue weighted by Crippen LogP contribution is 2.22. The van der Waals surface area contributed by atoms with Crippen LogP contribution in [0.15, 0.2) is 35.6 Å². The smallest absolute Gasteiger partial charge is 0.0929 e. The Morgan fingerprint density at radius 2 is 1.94 bits per heavy atom. The maximum Gasteiger partial charge on any atom is 0.0929 e. The molecule has 1 N–H and O–H groups in total. The molecule has 0 bridgehead atoms. The molecule has 4 heteroatoms. The van der Waals surface area contributed by atoms with Crippen molar-refractivity contribution in [1.82, 2.24) is 14.9 Å². The summed E-state index contributed by atoms with van der Waals surface area (Å²) in [5.41, 5.74) is 4.12. The summed E-state index contributed by atoms with van der Waals surface area (Å²) < 4.78 is 0. The van der Waals surface area contributed by atoms with Gasteiger partial charge in [0.25, 0.3) is 0 Å². The third-order valence-corrected chi connectivity index (χ3v) is 2.41. The summed E-state index contributed by atoms with van der Waals surface area (Å²) in [4.78, 5) is 13.6. The number of rotatable bonds is 3. The molecule has 17 heavy (non-hydrogen) atoms. The van der Waals surface area contributed by atoms with Gasteiger partial charge in [-0.05, 0) is 19.1 Å². The molecule has 0 aliphatic heterocycles.